The standard InChI is InChI=1S/C12H9ClN4OS/c13-9-4-2-1-3-8(9)11(18)17-12(19)16-10-7-14-5-6-15-10/h1-7H,(H2,15,16,17,18,19). The average Bonchev–Trinajstić information content (AvgIpc) is 2.40. The van der Waals surface area contributed by atoms with E-state index in [0.29, 0.717) is 16.4 Å². The van der Waals surface area contributed by atoms with Crippen LogP contribution in [0, 0.1) is 0 Å². The van der Waals surface area contributed by atoms with E-state index >= 15 is 0 Å². The Balaban J connectivity index is 2.00. The lowest BCUT2D eigenvalue weighted by Crippen LogP contribution is -2.34. The predicted molar refractivity (Wildman–Crippen MR) is 77.2 cm³/mol. The van der Waals surface area contributed by atoms with Crippen molar-refractivity contribution in [2.45, 2.75) is 0 Å². The zero-order valence-corrected chi connectivity index (χ0v) is 11.2. The van der Waals surface area contributed by atoms with E-state index in [9.17, 15) is 4.79 Å². The molecule has 19 heavy (non-hydrogen) atoms. The van der Waals surface area contributed by atoms with Gasteiger partial charge in [-0.25, -0.2) is 4.98 Å². The summed E-state index contributed by atoms with van der Waals surface area (Å²) in [6.07, 6.45) is 4.55. The molecule has 5 nitrogen and oxygen atoms in total. The third-order valence-electron chi connectivity index (χ3n) is 2.15. The SMILES string of the molecule is O=C(NC(=S)Nc1cnccn1)c1ccccc1Cl. The Hall–Kier alpha value is -2.05. The van der Waals surface area contributed by atoms with Crippen LogP contribution >= 0.6 is 23.8 Å². The molecule has 7 heteroatoms. The second-order valence-electron chi connectivity index (χ2n) is 3.48. The Morgan fingerprint density at radius 3 is 2.74 bits per heavy atom. The van der Waals surface area contributed by atoms with Gasteiger partial charge in [0.2, 0.25) is 0 Å². The maximum atomic E-state index is 11.9. The van der Waals surface area contributed by atoms with Gasteiger partial charge in [0, 0.05) is 12.4 Å². The quantitative estimate of drug-likeness (QED) is 0.831. The van der Waals surface area contributed by atoms with Crippen molar-refractivity contribution >= 4 is 40.7 Å². The van der Waals surface area contributed by atoms with Crippen LogP contribution in [0.5, 0.6) is 0 Å². The van der Waals surface area contributed by atoms with Crippen molar-refractivity contribution in [3.05, 3.63) is 53.4 Å². The van der Waals surface area contributed by atoms with Crippen LogP contribution in [-0.2, 0) is 0 Å². The average molecular weight is 293 g/mol. The van der Waals surface area contributed by atoms with E-state index in [1.54, 1.807) is 24.3 Å². The summed E-state index contributed by atoms with van der Waals surface area (Å²) in [6.45, 7) is 0. The number of anilines is 1. The molecule has 2 N–H and O–H groups in total. The summed E-state index contributed by atoms with van der Waals surface area (Å²) in [6, 6.07) is 6.72. The largest absolute Gasteiger partial charge is 0.316 e. The first-order valence-electron chi connectivity index (χ1n) is 5.29. The molecule has 0 radical (unpaired) electrons. The van der Waals surface area contributed by atoms with Gasteiger partial charge in [0.15, 0.2) is 10.9 Å². The van der Waals surface area contributed by atoms with Gasteiger partial charge in [-0.1, -0.05) is 23.7 Å². The molecule has 1 amide bonds. The highest BCUT2D eigenvalue weighted by Crippen LogP contribution is 2.14. The van der Waals surface area contributed by atoms with Crippen LogP contribution in [0.2, 0.25) is 5.02 Å². The number of nitrogens with one attached hydrogen (secondary N) is 2. The van der Waals surface area contributed by atoms with Crippen molar-refractivity contribution in [2.75, 3.05) is 5.32 Å². The van der Waals surface area contributed by atoms with Gasteiger partial charge in [0.05, 0.1) is 16.8 Å². The summed E-state index contributed by atoms with van der Waals surface area (Å²) in [4.78, 5) is 19.8. The summed E-state index contributed by atoms with van der Waals surface area (Å²) in [5.41, 5.74) is 0.354. The molecule has 1 heterocycles. The Morgan fingerprint density at radius 1 is 1.26 bits per heavy atom. The van der Waals surface area contributed by atoms with E-state index in [-0.39, 0.29) is 11.0 Å². The van der Waals surface area contributed by atoms with Crippen molar-refractivity contribution < 1.29 is 4.79 Å². The minimum absolute atomic E-state index is 0.130. The monoisotopic (exact) mass is 292 g/mol. The molecule has 0 bridgehead atoms. The van der Waals surface area contributed by atoms with Crippen LogP contribution in [0.4, 0.5) is 5.82 Å². The van der Waals surface area contributed by atoms with Gasteiger partial charge in [-0.2, -0.15) is 0 Å². The van der Waals surface area contributed by atoms with E-state index in [0.717, 1.165) is 0 Å². The van der Waals surface area contributed by atoms with Gasteiger partial charge in [-0.3, -0.25) is 15.1 Å². The van der Waals surface area contributed by atoms with Crippen molar-refractivity contribution in [3.63, 3.8) is 0 Å². The van der Waals surface area contributed by atoms with Crippen molar-refractivity contribution in [2.24, 2.45) is 0 Å². The fraction of sp³-hybridized carbons (Fsp3) is 0. The number of nitrogens with zero attached hydrogens (tertiary/aromatic N) is 2. The van der Waals surface area contributed by atoms with Crippen LogP contribution in [0.3, 0.4) is 0 Å². The lowest BCUT2D eigenvalue weighted by molar-refractivity contribution is 0.0978. The Kier molecular flexibility index (Phi) is 4.38. The highest BCUT2D eigenvalue weighted by molar-refractivity contribution is 7.80. The summed E-state index contributed by atoms with van der Waals surface area (Å²) >= 11 is 10.9. The van der Waals surface area contributed by atoms with Gasteiger partial charge in [-0.15, -0.1) is 0 Å². The van der Waals surface area contributed by atoms with Gasteiger partial charge in [-0.05, 0) is 24.4 Å². The van der Waals surface area contributed by atoms with E-state index in [2.05, 4.69) is 20.6 Å². The molecule has 2 rings (SSSR count). The van der Waals surface area contributed by atoms with Gasteiger partial charge in [0.1, 0.15) is 0 Å². The van der Waals surface area contributed by atoms with Gasteiger partial charge in [0.25, 0.3) is 5.91 Å². The topological polar surface area (TPSA) is 66.9 Å². The number of thiocarbonyl (C=S) groups is 1. The molecule has 0 aliphatic carbocycles. The van der Waals surface area contributed by atoms with Crippen LogP contribution in [0.25, 0.3) is 0 Å². The van der Waals surface area contributed by atoms with Gasteiger partial charge >= 0.3 is 0 Å². The first kappa shape index (κ1) is 13.4. The zero-order valence-electron chi connectivity index (χ0n) is 9.63. The molecule has 0 atom stereocenters. The summed E-state index contributed by atoms with van der Waals surface area (Å²) in [7, 11) is 0. The maximum Gasteiger partial charge on any atom is 0.258 e. The number of carbonyl (C=O) groups excluding carboxylic acids is 1. The fourth-order valence-corrected chi connectivity index (χ4v) is 1.75. The van der Waals surface area contributed by atoms with E-state index < -0.39 is 0 Å². The predicted octanol–water partition coefficient (Wildman–Crippen LogP) is 2.26. The smallest absolute Gasteiger partial charge is 0.258 e. The Morgan fingerprint density at radius 2 is 2.05 bits per heavy atom. The third kappa shape index (κ3) is 3.70. The Bertz CT molecular complexity index is 606. The molecule has 1 aromatic carbocycles. The lowest BCUT2D eigenvalue weighted by Gasteiger charge is -2.09. The summed E-state index contributed by atoms with van der Waals surface area (Å²) < 4.78 is 0. The van der Waals surface area contributed by atoms with Crippen molar-refractivity contribution in [1.82, 2.24) is 15.3 Å². The first-order valence-corrected chi connectivity index (χ1v) is 6.08. The first-order chi connectivity index (χ1) is 9.16. The molecule has 0 fully saturated rings. The molecule has 2 aromatic rings. The lowest BCUT2D eigenvalue weighted by atomic mass is 10.2. The fourth-order valence-electron chi connectivity index (χ4n) is 1.33. The number of carbonyl (C=O) groups is 1. The summed E-state index contributed by atoms with van der Waals surface area (Å²) in [5, 5.41) is 5.75. The Labute approximate surface area is 120 Å². The normalized spacial score (nSPS) is 9.74. The molecule has 0 aliphatic heterocycles. The van der Waals surface area contributed by atoms with Crippen molar-refractivity contribution in [3.8, 4) is 0 Å². The van der Waals surface area contributed by atoms with Crippen LogP contribution < -0.4 is 10.6 Å². The van der Waals surface area contributed by atoms with Crippen LogP contribution in [0.1, 0.15) is 10.4 Å². The molecule has 0 saturated carbocycles. The zero-order chi connectivity index (χ0) is 13.7. The number of benzene rings is 1. The number of halogens is 1. The number of amides is 1. The van der Waals surface area contributed by atoms with Crippen LogP contribution in [-0.4, -0.2) is 21.0 Å². The molecule has 0 saturated heterocycles. The highest BCUT2D eigenvalue weighted by Gasteiger charge is 2.11. The van der Waals surface area contributed by atoms with Gasteiger partial charge < -0.3 is 5.32 Å². The molecular weight excluding hydrogens is 284 g/mol. The second-order valence-corrected chi connectivity index (χ2v) is 4.29. The molecule has 1 aromatic heterocycles. The molecule has 0 aliphatic rings. The molecule has 96 valence electrons. The maximum absolute atomic E-state index is 11.9. The third-order valence-corrected chi connectivity index (χ3v) is 2.68. The molecule has 0 spiro atoms. The highest BCUT2D eigenvalue weighted by atomic mass is 35.5. The van der Waals surface area contributed by atoms with E-state index in [4.69, 9.17) is 23.8 Å². The van der Waals surface area contributed by atoms with E-state index in [1.165, 1.54) is 18.6 Å². The molecule has 0 unspecified atom stereocenters. The molecular formula is C12H9ClN4OS. The van der Waals surface area contributed by atoms with E-state index in [1.807, 2.05) is 0 Å². The number of aromatic nitrogens is 2. The number of rotatable bonds is 2. The second kappa shape index (κ2) is 6.21. The minimum atomic E-state index is -0.382. The summed E-state index contributed by atoms with van der Waals surface area (Å²) in [5.74, 6) is 0.0685. The number of hydrogen-bond donors (Lipinski definition) is 2. The van der Waals surface area contributed by atoms with Crippen LogP contribution in [0.15, 0.2) is 42.9 Å². The number of hydrogen-bond acceptors (Lipinski definition) is 4. The minimum Gasteiger partial charge on any atom is -0.316 e. The van der Waals surface area contributed by atoms with Crippen molar-refractivity contribution in [1.29, 1.82) is 0 Å².